The number of carbonyl (C=O) groups is 1. The highest BCUT2D eigenvalue weighted by atomic mass is 16.5. The molecular formula is C13H24N2O2. The van der Waals surface area contributed by atoms with Crippen LogP contribution in [0.2, 0.25) is 0 Å². The quantitative estimate of drug-likeness (QED) is 0.797. The molecule has 1 N–H and O–H groups in total. The van der Waals surface area contributed by atoms with Gasteiger partial charge in [0.1, 0.15) is 6.10 Å². The van der Waals surface area contributed by atoms with Gasteiger partial charge in [0, 0.05) is 26.2 Å². The van der Waals surface area contributed by atoms with Crippen LogP contribution in [0, 0.1) is 5.92 Å². The van der Waals surface area contributed by atoms with E-state index >= 15 is 0 Å². The van der Waals surface area contributed by atoms with Gasteiger partial charge in [-0.2, -0.15) is 0 Å². The van der Waals surface area contributed by atoms with Gasteiger partial charge >= 0.3 is 0 Å². The molecule has 0 aliphatic carbocycles. The number of hydrogen-bond acceptors (Lipinski definition) is 3. The SMILES string of the molecule is C[C@H]1CCCN(CCNC(=O)[C@H]2CCCO2)C1. The second-order valence-electron chi connectivity index (χ2n) is 5.34. The van der Waals surface area contributed by atoms with Crippen molar-refractivity contribution in [2.45, 2.75) is 38.7 Å². The second kappa shape index (κ2) is 6.36. The van der Waals surface area contributed by atoms with Gasteiger partial charge in [-0.05, 0) is 38.1 Å². The summed E-state index contributed by atoms with van der Waals surface area (Å²) in [6.07, 6.45) is 4.35. The first kappa shape index (κ1) is 12.8. The molecule has 0 aromatic heterocycles. The predicted molar refractivity (Wildman–Crippen MR) is 66.8 cm³/mol. The summed E-state index contributed by atoms with van der Waals surface area (Å²) < 4.78 is 5.35. The summed E-state index contributed by atoms with van der Waals surface area (Å²) in [6, 6.07) is 0. The zero-order valence-corrected chi connectivity index (χ0v) is 10.8. The van der Waals surface area contributed by atoms with Crippen LogP contribution in [-0.4, -0.2) is 49.7 Å². The summed E-state index contributed by atoms with van der Waals surface area (Å²) in [7, 11) is 0. The molecule has 2 atom stereocenters. The van der Waals surface area contributed by atoms with Crippen LogP contribution >= 0.6 is 0 Å². The Morgan fingerprint density at radius 3 is 3.00 bits per heavy atom. The average molecular weight is 240 g/mol. The third-order valence-electron chi connectivity index (χ3n) is 3.69. The highest BCUT2D eigenvalue weighted by Crippen LogP contribution is 2.14. The molecule has 2 rings (SSSR count). The van der Waals surface area contributed by atoms with Gasteiger partial charge in [0.05, 0.1) is 0 Å². The predicted octanol–water partition coefficient (Wildman–Crippen LogP) is 1.01. The fourth-order valence-corrected chi connectivity index (χ4v) is 2.73. The van der Waals surface area contributed by atoms with Gasteiger partial charge < -0.3 is 15.0 Å². The third-order valence-corrected chi connectivity index (χ3v) is 3.69. The summed E-state index contributed by atoms with van der Waals surface area (Å²) in [5.74, 6) is 0.880. The highest BCUT2D eigenvalue weighted by Gasteiger charge is 2.23. The number of piperidine rings is 1. The molecule has 98 valence electrons. The molecule has 2 aliphatic rings. The van der Waals surface area contributed by atoms with Crippen molar-refractivity contribution in [3.8, 4) is 0 Å². The molecule has 2 saturated heterocycles. The summed E-state index contributed by atoms with van der Waals surface area (Å²) in [5, 5.41) is 2.98. The summed E-state index contributed by atoms with van der Waals surface area (Å²) >= 11 is 0. The fraction of sp³-hybridized carbons (Fsp3) is 0.923. The van der Waals surface area contributed by atoms with Gasteiger partial charge in [0.25, 0.3) is 0 Å². The molecule has 0 aromatic rings. The summed E-state index contributed by atoms with van der Waals surface area (Å²) in [6.45, 7) is 7.13. The third kappa shape index (κ3) is 3.96. The van der Waals surface area contributed by atoms with Crippen LogP contribution in [0.25, 0.3) is 0 Å². The van der Waals surface area contributed by atoms with Crippen molar-refractivity contribution >= 4 is 5.91 Å². The van der Waals surface area contributed by atoms with Gasteiger partial charge in [0.15, 0.2) is 0 Å². The molecular weight excluding hydrogens is 216 g/mol. The van der Waals surface area contributed by atoms with Gasteiger partial charge in [-0.1, -0.05) is 6.92 Å². The molecule has 4 heteroatoms. The molecule has 0 bridgehead atoms. The Kier molecular flexibility index (Phi) is 4.80. The highest BCUT2D eigenvalue weighted by molar-refractivity contribution is 5.80. The number of ether oxygens (including phenoxy) is 1. The lowest BCUT2D eigenvalue weighted by atomic mass is 10.0. The van der Waals surface area contributed by atoms with E-state index in [0.29, 0.717) is 0 Å². The molecule has 0 unspecified atom stereocenters. The van der Waals surface area contributed by atoms with Gasteiger partial charge in [0.2, 0.25) is 5.91 Å². The smallest absolute Gasteiger partial charge is 0.249 e. The Labute approximate surface area is 104 Å². The zero-order chi connectivity index (χ0) is 12.1. The van der Waals surface area contributed by atoms with Crippen molar-refractivity contribution in [2.75, 3.05) is 32.8 Å². The molecule has 0 radical (unpaired) electrons. The number of hydrogen-bond donors (Lipinski definition) is 1. The first-order valence-corrected chi connectivity index (χ1v) is 6.87. The van der Waals surface area contributed by atoms with Crippen LogP contribution in [0.15, 0.2) is 0 Å². The van der Waals surface area contributed by atoms with E-state index in [4.69, 9.17) is 4.74 Å². The van der Waals surface area contributed by atoms with E-state index in [9.17, 15) is 4.79 Å². The minimum atomic E-state index is -0.185. The van der Waals surface area contributed by atoms with Crippen LogP contribution in [0.3, 0.4) is 0 Å². The first-order valence-electron chi connectivity index (χ1n) is 6.87. The van der Waals surface area contributed by atoms with Gasteiger partial charge in [-0.3, -0.25) is 4.79 Å². The lowest BCUT2D eigenvalue weighted by Crippen LogP contribution is -2.42. The standard InChI is InChI=1S/C13H24N2O2/c1-11-4-2-7-15(10-11)8-6-14-13(16)12-5-3-9-17-12/h11-12H,2-10H2,1H3,(H,14,16)/t11-,12+/m0/s1. The molecule has 2 fully saturated rings. The van der Waals surface area contributed by atoms with E-state index < -0.39 is 0 Å². The van der Waals surface area contributed by atoms with Crippen molar-refractivity contribution in [2.24, 2.45) is 5.92 Å². The Bertz CT molecular complexity index is 252. The lowest BCUT2D eigenvalue weighted by Gasteiger charge is -2.30. The van der Waals surface area contributed by atoms with E-state index in [0.717, 1.165) is 38.5 Å². The molecule has 0 saturated carbocycles. The van der Waals surface area contributed by atoms with E-state index in [1.807, 2.05) is 0 Å². The second-order valence-corrected chi connectivity index (χ2v) is 5.34. The number of carbonyl (C=O) groups excluding carboxylic acids is 1. The van der Waals surface area contributed by atoms with Gasteiger partial charge in [-0.25, -0.2) is 0 Å². The zero-order valence-electron chi connectivity index (χ0n) is 10.8. The van der Waals surface area contributed by atoms with Crippen LogP contribution < -0.4 is 5.32 Å². The number of amides is 1. The van der Waals surface area contributed by atoms with Crippen molar-refractivity contribution in [3.05, 3.63) is 0 Å². The number of nitrogens with one attached hydrogen (secondary N) is 1. The Balaban J connectivity index is 1.60. The molecule has 0 spiro atoms. The Morgan fingerprint density at radius 1 is 1.41 bits per heavy atom. The van der Waals surface area contributed by atoms with Crippen LogP contribution in [0.5, 0.6) is 0 Å². The van der Waals surface area contributed by atoms with Crippen LogP contribution in [-0.2, 0) is 9.53 Å². The number of rotatable bonds is 4. The van der Waals surface area contributed by atoms with Crippen molar-refractivity contribution in [1.82, 2.24) is 10.2 Å². The van der Waals surface area contributed by atoms with Crippen LogP contribution in [0.4, 0.5) is 0 Å². The van der Waals surface area contributed by atoms with E-state index in [1.165, 1.54) is 25.9 Å². The van der Waals surface area contributed by atoms with Crippen molar-refractivity contribution < 1.29 is 9.53 Å². The monoisotopic (exact) mass is 240 g/mol. The minimum Gasteiger partial charge on any atom is -0.368 e. The largest absolute Gasteiger partial charge is 0.368 e. The van der Waals surface area contributed by atoms with E-state index in [1.54, 1.807) is 0 Å². The lowest BCUT2D eigenvalue weighted by molar-refractivity contribution is -0.130. The topological polar surface area (TPSA) is 41.6 Å². The first-order chi connectivity index (χ1) is 8.25. The van der Waals surface area contributed by atoms with Crippen molar-refractivity contribution in [3.63, 3.8) is 0 Å². The summed E-state index contributed by atoms with van der Waals surface area (Å²) in [4.78, 5) is 14.1. The number of nitrogens with zero attached hydrogens (tertiary/aromatic N) is 1. The average Bonchev–Trinajstić information content (AvgIpc) is 2.82. The van der Waals surface area contributed by atoms with E-state index in [2.05, 4.69) is 17.1 Å². The maximum atomic E-state index is 11.7. The number of likely N-dealkylation sites (tertiary alicyclic amines) is 1. The molecule has 2 heterocycles. The maximum absolute atomic E-state index is 11.7. The Morgan fingerprint density at radius 2 is 2.29 bits per heavy atom. The van der Waals surface area contributed by atoms with Crippen LogP contribution in [0.1, 0.15) is 32.6 Å². The van der Waals surface area contributed by atoms with Crippen molar-refractivity contribution in [1.29, 1.82) is 0 Å². The summed E-state index contributed by atoms with van der Waals surface area (Å²) in [5.41, 5.74) is 0. The fourth-order valence-electron chi connectivity index (χ4n) is 2.73. The van der Waals surface area contributed by atoms with E-state index in [-0.39, 0.29) is 12.0 Å². The molecule has 1 amide bonds. The normalized spacial score (nSPS) is 30.4. The molecule has 2 aliphatic heterocycles. The Hall–Kier alpha value is -0.610. The molecule has 17 heavy (non-hydrogen) atoms. The maximum Gasteiger partial charge on any atom is 0.249 e. The van der Waals surface area contributed by atoms with Gasteiger partial charge in [-0.15, -0.1) is 0 Å². The minimum absolute atomic E-state index is 0.0764. The molecule has 4 nitrogen and oxygen atoms in total. The molecule has 0 aromatic carbocycles.